The number of halogens is 1. The van der Waals surface area contributed by atoms with Gasteiger partial charge in [0.15, 0.2) is 0 Å². The highest BCUT2D eigenvalue weighted by Gasteiger charge is 2.33. The van der Waals surface area contributed by atoms with Crippen LogP contribution in [0, 0.1) is 5.92 Å². The van der Waals surface area contributed by atoms with Gasteiger partial charge in [-0.2, -0.15) is 0 Å². The molecule has 1 aromatic carbocycles. The summed E-state index contributed by atoms with van der Waals surface area (Å²) in [6.45, 7) is 7.75. The van der Waals surface area contributed by atoms with Crippen LogP contribution in [-0.2, 0) is 13.1 Å². The van der Waals surface area contributed by atoms with Crippen molar-refractivity contribution in [1.29, 1.82) is 0 Å². The monoisotopic (exact) mass is 350 g/mol. The Morgan fingerprint density at radius 1 is 1.24 bits per heavy atom. The molecule has 3 rings (SSSR count). The zero-order valence-electron chi connectivity index (χ0n) is 13.2. The van der Waals surface area contributed by atoms with Crippen LogP contribution in [-0.4, -0.2) is 23.5 Å². The molecule has 2 aliphatic carbocycles. The van der Waals surface area contributed by atoms with Crippen LogP contribution in [0.1, 0.15) is 50.7 Å². The molecule has 0 radical (unpaired) electrons. The summed E-state index contributed by atoms with van der Waals surface area (Å²) in [6.07, 6.45) is 5.70. The van der Waals surface area contributed by atoms with Crippen molar-refractivity contribution >= 4 is 15.9 Å². The third-order valence-corrected chi connectivity index (χ3v) is 5.20. The first-order chi connectivity index (χ1) is 10.1. The van der Waals surface area contributed by atoms with E-state index in [0.29, 0.717) is 6.04 Å². The highest BCUT2D eigenvalue weighted by atomic mass is 79.9. The Morgan fingerprint density at radius 2 is 2.00 bits per heavy atom. The number of hydrogen-bond acceptors (Lipinski definition) is 2. The maximum atomic E-state index is 3.78. The molecule has 0 spiro atoms. The van der Waals surface area contributed by atoms with Crippen molar-refractivity contribution in [3.8, 4) is 0 Å². The minimum absolute atomic E-state index is 0.535. The fourth-order valence-electron chi connectivity index (χ4n) is 2.78. The van der Waals surface area contributed by atoms with Gasteiger partial charge in [-0.3, -0.25) is 4.90 Å². The van der Waals surface area contributed by atoms with Crippen molar-refractivity contribution in [1.82, 2.24) is 10.2 Å². The van der Waals surface area contributed by atoms with Crippen LogP contribution < -0.4 is 5.32 Å². The van der Waals surface area contributed by atoms with Gasteiger partial charge in [0, 0.05) is 36.2 Å². The summed E-state index contributed by atoms with van der Waals surface area (Å²) in [6, 6.07) is 8.26. The third-order valence-electron chi connectivity index (χ3n) is 4.46. The van der Waals surface area contributed by atoms with Crippen molar-refractivity contribution in [2.45, 2.75) is 64.7 Å². The molecule has 1 aromatic rings. The minimum Gasteiger partial charge on any atom is -0.310 e. The predicted molar refractivity (Wildman–Crippen MR) is 92.3 cm³/mol. The lowest BCUT2D eigenvalue weighted by molar-refractivity contribution is 0.243. The zero-order valence-corrected chi connectivity index (χ0v) is 14.8. The second-order valence-corrected chi connectivity index (χ2v) is 7.92. The zero-order chi connectivity index (χ0) is 14.8. The van der Waals surface area contributed by atoms with Gasteiger partial charge in [0.2, 0.25) is 0 Å². The van der Waals surface area contributed by atoms with Crippen LogP contribution in [0.5, 0.6) is 0 Å². The molecule has 1 N–H and O–H groups in total. The quantitative estimate of drug-likeness (QED) is 0.750. The largest absolute Gasteiger partial charge is 0.310 e. The van der Waals surface area contributed by atoms with Crippen molar-refractivity contribution in [3.63, 3.8) is 0 Å². The van der Waals surface area contributed by atoms with E-state index in [4.69, 9.17) is 0 Å². The van der Waals surface area contributed by atoms with Crippen LogP contribution >= 0.6 is 15.9 Å². The number of rotatable bonds is 8. The van der Waals surface area contributed by atoms with Crippen molar-refractivity contribution in [3.05, 3.63) is 33.8 Å². The second kappa shape index (κ2) is 6.80. The van der Waals surface area contributed by atoms with Gasteiger partial charge >= 0.3 is 0 Å². The Hall–Kier alpha value is -0.380. The highest BCUT2D eigenvalue weighted by molar-refractivity contribution is 9.10. The SMILES string of the molecule is CC(C)NCc1ccc(CN(CC2CC2)C2CC2)c(Br)c1. The maximum absolute atomic E-state index is 3.78. The fraction of sp³-hybridized carbons (Fsp3) is 0.667. The number of hydrogen-bond donors (Lipinski definition) is 1. The summed E-state index contributed by atoms with van der Waals surface area (Å²) in [5.41, 5.74) is 2.80. The summed E-state index contributed by atoms with van der Waals surface area (Å²) in [5.74, 6) is 0.985. The van der Waals surface area contributed by atoms with Gasteiger partial charge in [0.25, 0.3) is 0 Å². The van der Waals surface area contributed by atoms with E-state index in [0.717, 1.165) is 25.0 Å². The predicted octanol–water partition coefficient (Wildman–Crippen LogP) is 4.32. The summed E-state index contributed by atoms with van der Waals surface area (Å²) in [4.78, 5) is 2.71. The molecule has 0 unspecified atom stereocenters. The normalized spacial score (nSPS) is 18.7. The Kier molecular flexibility index (Phi) is 5.03. The van der Waals surface area contributed by atoms with Crippen molar-refractivity contribution in [2.24, 2.45) is 5.92 Å². The van der Waals surface area contributed by atoms with E-state index >= 15 is 0 Å². The van der Waals surface area contributed by atoms with Gasteiger partial charge in [-0.1, -0.05) is 41.9 Å². The second-order valence-electron chi connectivity index (χ2n) is 7.07. The number of benzene rings is 1. The van der Waals surface area contributed by atoms with E-state index in [1.165, 1.54) is 47.8 Å². The summed E-state index contributed by atoms with van der Waals surface area (Å²) < 4.78 is 1.27. The lowest BCUT2D eigenvalue weighted by atomic mass is 10.1. The first kappa shape index (κ1) is 15.5. The fourth-order valence-corrected chi connectivity index (χ4v) is 3.34. The molecule has 0 aliphatic heterocycles. The summed E-state index contributed by atoms with van der Waals surface area (Å²) >= 11 is 3.78. The van der Waals surface area contributed by atoms with Crippen LogP contribution in [0.15, 0.2) is 22.7 Å². The lowest BCUT2D eigenvalue weighted by Crippen LogP contribution is -2.28. The van der Waals surface area contributed by atoms with Gasteiger partial charge in [-0.05, 0) is 48.8 Å². The third kappa shape index (κ3) is 4.80. The van der Waals surface area contributed by atoms with Gasteiger partial charge in [-0.25, -0.2) is 0 Å². The van der Waals surface area contributed by atoms with Gasteiger partial charge < -0.3 is 5.32 Å². The average Bonchev–Trinajstić information content (AvgIpc) is 3.31. The van der Waals surface area contributed by atoms with Gasteiger partial charge in [-0.15, -0.1) is 0 Å². The topological polar surface area (TPSA) is 15.3 Å². The Labute approximate surface area is 137 Å². The van der Waals surface area contributed by atoms with Crippen molar-refractivity contribution in [2.75, 3.05) is 6.54 Å². The Morgan fingerprint density at radius 3 is 2.57 bits per heavy atom. The molecule has 0 amide bonds. The van der Waals surface area contributed by atoms with Gasteiger partial charge in [0.05, 0.1) is 0 Å². The Balaban J connectivity index is 1.61. The molecular weight excluding hydrogens is 324 g/mol. The van der Waals surface area contributed by atoms with Crippen molar-refractivity contribution < 1.29 is 0 Å². The molecule has 116 valence electrons. The summed E-state index contributed by atoms with van der Waals surface area (Å²) in [7, 11) is 0. The molecule has 0 heterocycles. The van der Waals surface area contributed by atoms with E-state index in [-0.39, 0.29) is 0 Å². The molecule has 2 nitrogen and oxygen atoms in total. The van der Waals surface area contributed by atoms with Crippen LogP contribution in [0.2, 0.25) is 0 Å². The highest BCUT2D eigenvalue weighted by Crippen LogP contribution is 2.36. The smallest absolute Gasteiger partial charge is 0.0247 e. The lowest BCUT2D eigenvalue weighted by Gasteiger charge is -2.23. The first-order valence-electron chi connectivity index (χ1n) is 8.36. The van der Waals surface area contributed by atoms with Crippen LogP contribution in [0.3, 0.4) is 0 Å². The minimum atomic E-state index is 0.535. The van der Waals surface area contributed by atoms with E-state index in [9.17, 15) is 0 Å². The van der Waals surface area contributed by atoms with E-state index in [1.807, 2.05) is 0 Å². The molecule has 2 aliphatic rings. The summed E-state index contributed by atoms with van der Waals surface area (Å²) in [5, 5.41) is 3.48. The molecule has 0 bridgehead atoms. The van der Waals surface area contributed by atoms with Gasteiger partial charge in [0.1, 0.15) is 0 Å². The van der Waals surface area contributed by atoms with E-state index in [2.05, 4.69) is 58.2 Å². The van der Waals surface area contributed by atoms with E-state index in [1.54, 1.807) is 0 Å². The standard InChI is InChI=1S/C18H27BrN2/c1-13(2)20-10-15-5-6-16(18(19)9-15)12-21(17-7-8-17)11-14-3-4-14/h5-6,9,13-14,17,20H,3-4,7-8,10-12H2,1-2H3. The number of nitrogens with one attached hydrogen (secondary N) is 1. The molecular formula is C18H27BrN2. The molecule has 0 aromatic heterocycles. The first-order valence-corrected chi connectivity index (χ1v) is 9.16. The molecule has 3 heteroatoms. The number of nitrogens with zero attached hydrogens (tertiary/aromatic N) is 1. The molecule has 21 heavy (non-hydrogen) atoms. The maximum Gasteiger partial charge on any atom is 0.0247 e. The molecule has 0 atom stereocenters. The molecule has 0 saturated heterocycles. The van der Waals surface area contributed by atoms with E-state index < -0.39 is 0 Å². The molecule has 2 saturated carbocycles. The van der Waals surface area contributed by atoms with Crippen LogP contribution in [0.25, 0.3) is 0 Å². The van der Waals surface area contributed by atoms with Crippen LogP contribution in [0.4, 0.5) is 0 Å². The molecule has 2 fully saturated rings. The average molecular weight is 351 g/mol. The Bertz CT molecular complexity index is 478.